The van der Waals surface area contributed by atoms with Gasteiger partial charge in [-0.25, -0.2) is 0 Å². The number of alkyl halides is 3. The average molecular weight is 229 g/mol. The lowest BCUT2D eigenvalue weighted by molar-refractivity contribution is -0.137. The first kappa shape index (κ1) is 13.1. The van der Waals surface area contributed by atoms with Crippen LogP contribution in [0.2, 0.25) is 0 Å². The van der Waals surface area contributed by atoms with Crippen LogP contribution in [-0.4, -0.2) is 0 Å². The molecule has 0 N–H and O–H groups in total. The van der Waals surface area contributed by atoms with E-state index in [0.717, 1.165) is 18.4 Å². The Hall–Kier alpha value is -0.990. The third-order valence-corrected chi connectivity index (χ3v) is 2.35. The predicted molar refractivity (Wildman–Crippen MR) is 58.3 cm³/mol. The molecule has 0 aliphatic heterocycles. The third-order valence-electron chi connectivity index (χ3n) is 2.35. The molecule has 89 valence electrons. The minimum Gasteiger partial charge on any atom is -0.166 e. The zero-order chi connectivity index (χ0) is 12.2. The van der Waals surface area contributed by atoms with E-state index in [0.29, 0.717) is 18.4 Å². The molecular weight excluding hydrogens is 213 g/mol. The van der Waals surface area contributed by atoms with Crippen molar-refractivity contribution in [3.63, 3.8) is 0 Å². The van der Waals surface area contributed by atoms with Gasteiger partial charge in [0.1, 0.15) is 0 Å². The smallest absolute Gasteiger partial charge is 0.166 e. The van der Waals surface area contributed by atoms with Crippen molar-refractivity contribution in [1.29, 1.82) is 0 Å². The van der Waals surface area contributed by atoms with Crippen LogP contribution in [0.1, 0.15) is 43.4 Å². The molecule has 0 bridgehead atoms. The summed E-state index contributed by atoms with van der Waals surface area (Å²) in [5, 5.41) is 0. The van der Waals surface area contributed by atoms with Crippen molar-refractivity contribution in [3.05, 3.63) is 34.9 Å². The maximum Gasteiger partial charge on any atom is 0.417 e. The maximum absolute atomic E-state index is 12.6. The Labute approximate surface area is 94.5 Å². The number of hydrogen-bond acceptors (Lipinski definition) is 0. The van der Waals surface area contributed by atoms with Crippen molar-refractivity contribution in [3.8, 4) is 0 Å². The summed E-state index contributed by atoms with van der Waals surface area (Å²) in [5.41, 5.74) is 0.791. The molecule has 0 spiro atoms. The van der Waals surface area contributed by atoms with Crippen LogP contribution in [0.4, 0.5) is 13.2 Å². The highest BCUT2D eigenvalue weighted by Gasteiger charge is 2.31. The van der Waals surface area contributed by atoms with Gasteiger partial charge in [-0.3, -0.25) is 0 Å². The van der Waals surface area contributed by atoms with Gasteiger partial charge in [0.2, 0.25) is 0 Å². The fraction of sp³-hybridized carbons (Fsp3) is 0.538. The van der Waals surface area contributed by atoms with Crippen LogP contribution >= 0.6 is 0 Å². The summed E-state index contributed by atoms with van der Waals surface area (Å²) in [4.78, 5) is 0. The number of hydrogen-bond donors (Lipinski definition) is 0. The summed E-state index contributed by atoms with van der Waals surface area (Å²) in [6.07, 6.45) is -1.25. The SMILES string of the molecule is CCCc1[c]c(C(F)(F)F)cc(CCC)c1. The standard InChI is InChI=1S/C13H16F3/c1-3-5-10-7-11(6-4-2)9-12(8-10)13(14,15)16/h7-8H,3-6H2,1-2H3. The predicted octanol–water partition coefficient (Wildman–Crippen LogP) is 4.41. The van der Waals surface area contributed by atoms with Gasteiger partial charge < -0.3 is 0 Å². The first-order valence-corrected chi connectivity index (χ1v) is 5.59. The Morgan fingerprint density at radius 2 is 1.69 bits per heavy atom. The largest absolute Gasteiger partial charge is 0.417 e. The molecule has 0 fully saturated rings. The molecule has 0 atom stereocenters. The van der Waals surface area contributed by atoms with Crippen LogP contribution in [0.25, 0.3) is 0 Å². The van der Waals surface area contributed by atoms with Crippen LogP contribution in [0, 0.1) is 6.07 Å². The first-order chi connectivity index (χ1) is 7.47. The molecular formula is C13H16F3. The molecule has 0 saturated carbocycles. The highest BCUT2D eigenvalue weighted by atomic mass is 19.4. The highest BCUT2D eigenvalue weighted by molar-refractivity contribution is 5.31. The molecule has 16 heavy (non-hydrogen) atoms. The molecule has 3 heteroatoms. The lowest BCUT2D eigenvalue weighted by Gasteiger charge is -2.11. The summed E-state index contributed by atoms with van der Waals surface area (Å²) in [5.74, 6) is 0. The molecule has 1 rings (SSSR count). The zero-order valence-corrected chi connectivity index (χ0v) is 9.62. The van der Waals surface area contributed by atoms with E-state index in [1.54, 1.807) is 0 Å². The van der Waals surface area contributed by atoms with Gasteiger partial charge in [-0.1, -0.05) is 32.8 Å². The van der Waals surface area contributed by atoms with E-state index in [2.05, 4.69) is 6.07 Å². The van der Waals surface area contributed by atoms with E-state index in [-0.39, 0.29) is 0 Å². The second-order valence-corrected chi connectivity index (χ2v) is 3.93. The van der Waals surface area contributed by atoms with Crippen LogP contribution in [-0.2, 0) is 19.0 Å². The van der Waals surface area contributed by atoms with Gasteiger partial charge in [-0.2, -0.15) is 13.2 Å². The first-order valence-electron chi connectivity index (χ1n) is 5.59. The van der Waals surface area contributed by atoms with Crippen LogP contribution in [0.15, 0.2) is 12.1 Å². The minimum absolute atomic E-state index is 0.637. The molecule has 0 aliphatic rings. The lowest BCUT2D eigenvalue weighted by Crippen LogP contribution is -2.07. The van der Waals surface area contributed by atoms with Gasteiger partial charge >= 0.3 is 6.18 Å². The normalized spacial score (nSPS) is 11.8. The van der Waals surface area contributed by atoms with Crippen molar-refractivity contribution in [2.75, 3.05) is 0 Å². The van der Waals surface area contributed by atoms with Crippen LogP contribution < -0.4 is 0 Å². The van der Waals surface area contributed by atoms with E-state index in [9.17, 15) is 13.2 Å². The van der Waals surface area contributed by atoms with Crippen molar-refractivity contribution in [2.24, 2.45) is 0 Å². The highest BCUT2D eigenvalue weighted by Crippen LogP contribution is 2.30. The van der Waals surface area contributed by atoms with Crippen molar-refractivity contribution < 1.29 is 13.2 Å². The molecule has 0 nitrogen and oxygen atoms in total. The Balaban J connectivity index is 3.08. The van der Waals surface area contributed by atoms with Crippen LogP contribution in [0.5, 0.6) is 0 Å². The molecule has 1 radical (unpaired) electrons. The molecule has 0 unspecified atom stereocenters. The van der Waals surface area contributed by atoms with Crippen molar-refractivity contribution >= 4 is 0 Å². The number of benzene rings is 1. The molecule has 0 amide bonds. The third kappa shape index (κ3) is 3.54. The van der Waals surface area contributed by atoms with E-state index in [4.69, 9.17) is 0 Å². The van der Waals surface area contributed by atoms with Gasteiger partial charge in [0.15, 0.2) is 0 Å². The minimum atomic E-state index is -4.29. The van der Waals surface area contributed by atoms with E-state index in [1.165, 1.54) is 6.07 Å². The lowest BCUT2D eigenvalue weighted by atomic mass is 10.00. The van der Waals surface area contributed by atoms with E-state index >= 15 is 0 Å². The van der Waals surface area contributed by atoms with Gasteiger partial charge in [0, 0.05) is 0 Å². The second kappa shape index (κ2) is 5.37. The zero-order valence-electron chi connectivity index (χ0n) is 9.62. The molecule has 0 aromatic heterocycles. The van der Waals surface area contributed by atoms with Crippen molar-refractivity contribution in [1.82, 2.24) is 0 Å². The summed E-state index contributed by atoms with van der Waals surface area (Å²) in [7, 11) is 0. The van der Waals surface area contributed by atoms with Crippen LogP contribution in [0.3, 0.4) is 0 Å². The Morgan fingerprint density at radius 1 is 1.06 bits per heavy atom. The summed E-state index contributed by atoms with van der Waals surface area (Å²) in [6.45, 7) is 3.91. The van der Waals surface area contributed by atoms with E-state index in [1.807, 2.05) is 19.9 Å². The Bertz CT molecular complexity index is 315. The Kier molecular flexibility index (Phi) is 4.39. The fourth-order valence-electron chi connectivity index (χ4n) is 1.69. The molecule has 0 saturated heterocycles. The van der Waals surface area contributed by atoms with Gasteiger partial charge in [0.25, 0.3) is 0 Å². The maximum atomic E-state index is 12.6. The summed E-state index contributed by atoms with van der Waals surface area (Å²) < 4.78 is 37.8. The van der Waals surface area contributed by atoms with Gasteiger partial charge in [-0.15, -0.1) is 0 Å². The summed E-state index contributed by atoms with van der Waals surface area (Å²) in [6, 6.07) is 5.51. The molecule has 1 aromatic rings. The Morgan fingerprint density at radius 3 is 2.19 bits per heavy atom. The molecule has 0 aliphatic carbocycles. The second-order valence-electron chi connectivity index (χ2n) is 3.93. The number of rotatable bonds is 4. The van der Waals surface area contributed by atoms with Crippen molar-refractivity contribution in [2.45, 2.75) is 45.7 Å². The number of halogens is 3. The number of aryl methyl sites for hydroxylation is 2. The molecule has 1 aromatic carbocycles. The fourth-order valence-corrected chi connectivity index (χ4v) is 1.69. The molecule has 0 heterocycles. The van der Waals surface area contributed by atoms with E-state index < -0.39 is 11.7 Å². The average Bonchev–Trinajstić information content (AvgIpc) is 2.17. The monoisotopic (exact) mass is 229 g/mol. The van der Waals surface area contributed by atoms with Gasteiger partial charge in [0.05, 0.1) is 5.56 Å². The van der Waals surface area contributed by atoms with Gasteiger partial charge in [-0.05, 0) is 36.1 Å². The summed E-state index contributed by atoms with van der Waals surface area (Å²) >= 11 is 0. The quantitative estimate of drug-likeness (QED) is 0.717. The topological polar surface area (TPSA) is 0 Å².